The van der Waals surface area contributed by atoms with E-state index in [0.717, 1.165) is 17.4 Å². The van der Waals surface area contributed by atoms with Gasteiger partial charge in [0.2, 0.25) is 0 Å². The van der Waals surface area contributed by atoms with Crippen molar-refractivity contribution in [1.82, 2.24) is 4.90 Å². The van der Waals surface area contributed by atoms with Crippen LogP contribution in [0.25, 0.3) is 0 Å². The lowest BCUT2D eigenvalue weighted by Gasteiger charge is -2.41. The molecule has 1 aromatic rings. The molecule has 0 radical (unpaired) electrons. The molecule has 0 unspecified atom stereocenters. The summed E-state index contributed by atoms with van der Waals surface area (Å²) in [5.41, 5.74) is 3.02. The van der Waals surface area contributed by atoms with Gasteiger partial charge in [0, 0.05) is 11.6 Å². The van der Waals surface area contributed by atoms with Gasteiger partial charge in [0.05, 0.1) is 0 Å². The zero-order valence-electron chi connectivity index (χ0n) is 10.4. The van der Waals surface area contributed by atoms with Crippen LogP contribution >= 0.6 is 24.0 Å². The monoisotopic (exact) mass is 283 g/mol. The third kappa shape index (κ3) is 3.09. The van der Waals surface area contributed by atoms with Gasteiger partial charge in [0.25, 0.3) is 0 Å². The van der Waals surface area contributed by atoms with E-state index in [1.54, 1.807) is 5.57 Å². The molecule has 18 heavy (non-hydrogen) atoms. The quantitative estimate of drug-likeness (QED) is 0.743. The maximum absolute atomic E-state index is 5.89. The molecule has 98 valence electrons. The topological polar surface area (TPSA) is 3.24 Å². The molecule has 0 aliphatic carbocycles. The fraction of sp³-hybridized carbons (Fsp3) is 0.467. The van der Waals surface area contributed by atoms with Crippen LogP contribution in [0.5, 0.6) is 0 Å². The lowest BCUT2D eigenvalue weighted by Crippen LogP contribution is -2.43. The molecule has 3 aliphatic rings. The maximum atomic E-state index is 5.89. The number of piperidine rings is 3. The molecule has 3 aliphatic heterocycles. The molecule has 0 saturated carbocycles. The van der Waals surface area contributed by atoms with Crippen LogP contribution in [0.3, 0.4) is 0 Å². The van der Waals surface area contributed by atoms with Crippen LogP contribution < -0.4 is 0 Å². The minimum Gasteiger partial charge on any atom is -0.299 e. The first kappa shape index (κ1) is 13.9. The fourth-order valence-corrected chi connectivity index (χ4v) is 3.08. The molecule has 3 heterocycles. The van der Waals surface area contributed by atoms with E-state index >= 15 is 0 Å². The number of hydrogen-bond acceptors (Lipinski definition) is 1. The molecule has 4 rings (SSSR count). The van der Waals surface area contributed by atoms with Crippen LogP contribution in [0.4, 0.5) is 0 Å². The van der Waals surface area contributed by atoms with E-state index in [9.17, 15) is 0 Å². The molecule has 1 aromatic carbocycles. The summed E-state index contributed by atoms with van der Waals surface area (Å²) in [5.74, 6) is 0.868. The zero-order valence-corrected chi connectivity index (χ0v) is 12.0. The first-order valence-corrected chi connectivity index (χ1v) is 6.85. The molecule has 3 saturated heterocycles. The van der Waals surface area contributed by atoms with Crippen molar-refractivity contribution in [2.45, 2.75) is 19.3 Å². The predicted molar refractivity (Wildman–Crippen MR) is 79.7 cm³/mol. The second-order valence-electron chi connectivity index (χ2n) is 5.16. The minimum absolute atomic E-state index is 0. The lowest BCUT2D eigenvalue weighted by atomic mass is 9.83. The molecule has 0 N–H and O–H groups in total. The summed E-state index contributed by atoms with van der Waals surface area (Å²) in [7, 11) is 0. The Kier molecular flexibility index (Phi) is 4.71. The first-order valence-electron chi connectivity index (χ1n) is 6.47. The Morgan fingerprint density at radius 1 is 1.17 bits per heavy atom. The average Bonchev–Trinajstić information content (AvgIpc) is 2.39. The Morgan fingerprint density at radius 3 is 2.39 bits per heavy atom. The van der Waals surface area contributed by atoms with E-state index in [4.69, 9.17) is 11.6 Å². The van der Waals surface area contributed by atoms with Crippen molar-refractivity contribution in [3.63, 3.8) is 0 Å². The van der Waals surface area contributed by atoms with Crippen molar-refractivity contribution in [3.8, 4) is 0 Å². The third-order valence-electron chi connectivity index (χ3n) is 4.03. The Hall–Kier alpha value is -0.500. The van der Waals surface area contributed by atoms with Crippen LogP contribution in [-0.2, 0) is 6.42 Å². The number of fused-ring (bicyclic) bond motifs is 3. The van der Waals surface area contributed by atoms with Crippen LogP contribution in [0.15, 0.2) is 35.9 Å². The molecule has 3 fully saturated rings. The van der Waals surface area contributed by atoms with Gasteiger partial charge in [-0.25, -0.2) is 0 Å². The molecule has 0 spiro atoms. The van der Waals surface area contributed by atoms with Gasteiger partial charge >= 0.3 is 0 Å². The van der Waals surface area contributed by atoms with E-state index in [2.05, 4.69) is 23.1 Å². The fourth-order valence-electron chi connectivity index (χ4n) is 2.95. The highest BCUT2D eigenvalue weighted by atomic mass is 35.5. The Bertz CT molecular complexity index is 417. The van der Waals surface area contributed by atoms with Crippen molar-refractivity contribution >= 4 is 24.0 Å². The zero-order chi connectivity index (χ0) is 11.7. The molecular weight excluding hydrogens is 265 g/mol. The van der Waals surface area contributed by atoms with Crippen molar-refractivity contribution in [1.29, 1.82) is 0 Å². The maximum Gasteiger partial charge on any atom is 0.0406 e. The summed E-state index contributed by atoms with van der Waals surface area (Å²) in [6.45, 7) is 3.82. The lowest BCUT2D eigenvalue weighted by molar-refractivity contribution is 0.161. The number of allylic oxidation sites excluding steroid dienone is 1. The molecule has 2 bridgehead atoms. The highest BCUT2D eigenvalue weighted by Gasteiger charge is 2.28. The highest BCUT2D eigenvalue weighted by Crippen LogP contribution is 2.31. The molecule has 3 heteroatoms. The Labute approximate surface area is 120 Å². The van der Waals surface area contributed by atoms with E-state index in [-0.39, 0.29) is 12.4 Å². The van der Waals surface area contributed by atoms with Crippen LogP contribution in [0.2, 0.25) is 5.02 Å². The summed E-state index contributed by atoms with van der Waals surface area (Å²) in [6, 6.07) is 8.21. The van der Waals surface area contributed by atoms with Gasteiger partial charge in [-0.05, 0) is 56.0 Å². The van der Waals surface area contributed by atoms with Gasteiger partial charge in [-0.1, -0.05) is 35.4 Å². The molecular formula is C15H19Cl2N. The minimum atomic E-state index is 0. The summed E-state index contributed by atoms with van der Waals surface area (Å²) in [4.78, 5) is 2.58. The van der Waals surface area contributed by atoms with E-state index in [1.165, 1.54) is 38.0 Å². The first-order chi connectivity index (χ1) is 8.31. The number of hydrogen-bond donors (Lipinski definition) is 0. The van der Waals surface area contributed by atoms with Crippen molar-refractivity contribution in [2.24, 2.45) is 5.92 Å². The second-order valence-corrected chi connectivity index (χ2v) is 5.60. The van der Waals surface area contributed by atoms with Crippen LogP contribution in [0.1, 0.15) is 18.4 Å². The SMILES string of the molecule is Cl.Clc1ccc(CC=C2CN3CCC2CC3)cc1. The number of rotatable bonds is 2. The standard InChI is InChI=1S/C15H18ClN.ClH/c16-15-5-2-12(3-6-15)1-4-14-11-17-9-7-13(14)8-10-17;/h2-6,13H,1,7-11H2;1H. The molecule has 0 atom stereocenters. The normalized spacial score (nSPS) is 28.2. The molecule has 0 amide bonds. The van der Waals surface area contributed by atoms with Gasteiger partial charge in [0.15, 0.2) is 0 Å². The molecule has 0 aromatic heterocycles. The van der Waals surface area contributed by atoms with Gasteiger partial charge < -0.3 is 0 Å². The third-order valence-corrected chi connectivity index (χ3v) is 4.28. The summed E-state index contributed by atoms with van der Waals surface area (Å²) in [5, 5.41) is 0.823. The van der Waals surface area contributed by atoms with E-state index < -0.39 is 0 Å². The second kappa shape index (κ2) is 6.10. The summed E-state index contributed by atoms with van der Waals surface area (Å²) < 4.78 is 0. The van der Waals surface area contributed by atoms with Gasteiger partial charge in [-0.2, -0.15) is 0 Å². The smallest absolute Gasteiger partial charge is 0.0406 e. The van der Waals surface area contributed by atoms with Gasteiger partial charge in [0.1, 0.15) is 0 Å². The number of benzene rings is 1. The highest BCUT2D eigenvalue weighted by molar-refractivity contribution is 6.30. The predicted octanol–water partition coefficient (Wildman–Crippen LogP) is 3.96. The average molecular weight is 284 g/mol. The van der Waals surface area contributed by atoms with E-state index in [0.29, 0.717) is 0 Å². The number of nitrogens with zero attached hydrogens (tertiary/aromatic N) is 1. The Balaban J connectivity index is 0.00000120. The van der Waals surface area contributed by atoms with Crippen LogP contribution in [0, 0.1) is 5.92 Å². The molecule has 1 nitrogen and oxygen atoms in total. The van der Waals surface area contributed by atoms with Gasteiger partial charge in [-0.15, -0.1) is 12.4 Å². The summed E-state index contributed by atoms with van der Waals surface area (Å²) in [6.07, 6.45) is 6.23. The van der Waals surface area contributed by atoms with Gasteiger partial charge in [-0.3, -0.25) is 4.90 Å². The van der Waals surface area contributed by atoms with Crippen molar-refractivity contribution in [3.05, 3.63) is 46.5 Å². The Morgan fingerprint density at radius 2 is 1.83 bits per heavy atom. The summed E-state index contributed by atoms with van der Waals surface area (Å²) >= 11 is 5.89. The number of halogens is 2. The van der Waals surface area contributed by atoms with Crippen LogP contribution in [-0.4, -0.2) is 24.5 Å². The largest absolute Gasteiger partial charge is 0.299 e. The van der Waals surface area contributed by atoms with Crippen molar-refractivity contribution in [2.75, 3.05) is 19.6 Å². The van der Waals surface area contributed by atoms with Crippen molar-refractivity contribution < 1.29 is 0 Å². The van der Waals surface area contributed by atoms with E-state index in [1.807, 2.05) is 12.1 Å².